The Bertz CT molecular complexity index is 1100. The smallest absolute Gasteiger partial charge is 0.335 e. The topological polar surface area (TPSA) is 77.2 Å². The normalized spacial score (nSPS) is 10.8. The third-order valence-electron chi connectivity index (χ3n) is 4.22. The van der Waals surface area contributed by atoms with Crippen molar-refractivity contribution in [1.29, 1.82) is 0 Å². The van der Waals surface area contributed by atoms with Crippen LogP contribution in [0.3, 0.4) is 0 Å². The Kier molecular flexibility index (Phi) is 3.85. The van der Waals surface area contributed by atoms with Gasteiger partial charge in [0.2, 0.25) is 0 Å². The molecule has 0 aliphatic carbocycles. The second kappa shape index (κ2) is 6.33. The fraction of sp³-hybridized carbons (Fsp3) is 0.0500. The number of benzene rings is 3. The van der Waals surface area contributed by atoms with Gasteiger partial charge in [-0.3, -0.25) is 0 Å². The van der Waals surface area contributed by atoms with Crippen LogP contribution in [0.15, 0.2) is 66.9 Å². The molecular weight excluding hydrogens is 330 g/mol. The van der Waals surface area contributed by atoms with Crippen molar-refractivity contribution >= 4 is 16.7 Å². The lowest BCUT2D eigenvalue weighted by atomic mass is 10.1. The number of aromatic carboxylic acids is 1. The molecule has 0 atom stereocenters. The zero-order valence-electron chi connectivity index (χ0n) is 14.0. The predicted octanol–water partition coefficient (Wildman–Crippen LogP) is 3.79. The van der Waals surface area contributed by atoms with E-state index in [2.05, 4.69) is 16.4 Å². The van der Waals surface area contributed by atoms with Gasteiger partial charge in [0, 0.05) is 5.56 Å². The van der Waals surface area contributed by atoms with Gasteiger partial charge in [-0.1, -0.05) is 23.4 Å². The number of carboxylic acids is 1. The Morgan fingerprint density at radius 2 is 1.73 bits per heavy atom. The number of carboxylic acid groups (broad SMARTS) is 1. The van der Waals surface area contributed by atoms with Gasteiger partial charge in [-0.2, -0.15) is 0 Å². The van der Waals surface area contributed by atoms with Crippen LogP contribution in [0.25, 0.3) is 27.7 Å². The summed E-state index contributed by atoms with van der Waals surface area (Å²) >= 11 is 0. The number of ether oxygens (including phenoxy) is 1. The number of aromatic nitrogens is 3. The Morgan fingerprint density at radius 3 is 2.46 bits per heavy atom. The van der Waals surface area contributed by atoms with Gasteiger partial charge >= 0.3 is 5.97 Å². The summed E-state index contributed by atoms with van der Waals surface area (Å²) in [6.07, 6.45) is 1.82. The van der Waals surface area contributed by atoms with E-state index >= 15 is 0 Å². The fourth-order valence-electron chi connectivity index (χ4n) is 2.79. The molecule has 26 heavy (non-hydrogen) atoms. The Balaban J connectivity index is 1.67. The lowest BCUT2D eigenvalue weighted by molar-refractivity contribution is 0.0697. The molecule has 128 valence electrons. The van der Waals surface area contributed by atoms with E-state index in [9.17, 15) is 4.79 Å². The molecule has 0 aliphatic heterocycles. The Labute approximate surface area is 149 Å². The van der Waals surface area contributed by atoms with Crippen LogP contribution in [0.1, 0.15) is 10.4 Å². The van der Waals surface area contributed by atoms with E-state index in [4.69, 9.17) is 9.84 Å². The number of methoxy groups -OCH3 is 1. The number of fused-ring (bicyclic) bond motifs is 1. The summed E-state index contributed by atoms with van der Waals surface area (Å²) in [6.45, 7) is 0. The minimum absolute atomic E-state index is 0.235. The highest BCUT2D eigenvalue weighted by Gasteiger charge is 2.08. The number of rotatable bonds is 4. The maximum Gasteiger partial charge on any atom is 0.335 e. The third-order valence-corrected chi connectivity index (χ3v) is 4.22. The van der Waals surface area contributed by atoms with Gasteiger partial charge in [0.05, 0.1) is 24.6 Å². The molecule has 1 heterocycles. The van der Waals surface area contributed by atoms with Crippen LogP contribution >= 0.6 is 0 Å². The van der Waals surface area contributed by atoms with Gasteiger partial charge in [-0.15, -0.1) is 5.10 Å². The molecule has 6 nitrogen and oxygen atoms in total. The van der Waals surface area contributed by atoms with Crippen molar-refractivity contribution in [3.63, 3.8) is 0 Å². The highest BCUT2D eigenvalue weighted by atomic mass is 16.5. The van der Waals surface area contributed by atoms with Crippen LogP contribution in [-0.4, -0.2) is 33.2 Å². The number of hydrogen-bond donors (Lipinski definition) is 1. The molecule has 0 saturated heterocycles. The minimum atomic E-state index is -0.955. The highest BCUT2D eigenvalue weighted by molar-refractivity contribution is 5.88. The molecule has 3 aromatic carbocycles. The van der Waals surface area contributed by atoms with Gasteiger partial charge in [-0.25, -0.2) is 9.48 Å². The summed E-state index contributed by atoms with van der Waals surface area (Å²) < 4.78 is 6.87. The summed E-state index contributed by atoms with van der Waals surface area (Å²) in [5.74, 6) is -0.135. The quantitative estimate of drug-likeness (QED) is 0.609. The molecule has 1 aromatic heterocycles. The first-order chi connectivity index (χ1) is 12.6. The molecule has 0 aliphatic rings. The van der Waals surface area contributed by atoms with Crippen molar-refractivity contribution in [2.24, 2.45) is 0 Å². The summed E-state index contributed by atoms with van der Waals surface area (Å²) in [6, 6.07) is 18.5. The fourth-order valence-corrected chi connectivity index (χ4v) is 2.79. The van der Waals surface area contributed by atoms with Crippen molar-refractivity contribution in [3.8, 4) is 22.7 Å². The van der Waals surface area contributed by atoms with Crippen molar-refractivity contribution < 1.29 is 14.6 Å². The molecule has 0 amide bonds. The van der Waals surface area contributed by atoms with Crippen molar-refractivity contribution in [1.82, 2.24) is 15.0 Å². The van der Waals surface area contributed by atoms with Crippen LogP contribution in [-0.2, 0) is 0 Å². The van der Waals surface area contributed by atoms with E-state index in [1.807, 2.05) is 36.5 Å². The number of carbonyl (C=O) groups is 1. The summed E-state index contributed by atoms with van der Waals surface area (Å²) in [5.41, 5.74) is 2.68. The zero-order chi connectivity index (χ0) is 18.1. The van der Waals surface area contributed by atoms with Crippen molar-refractivity contribution in [2.45, 2.75) is 0 Å². The average Bonchev–Trinajstić information content (AvgIpc) is 3.17. The third kappa shape index (κ3) is 2.88. The Hall–Kier alpha value is -3.67. The molecule has 0 spiro atoms. The van der Waals surface area contributed by atoms with Crippen LogP contribution in [0.4, 0.5) is 0 Å². The second-order valence-corrected chi connectivity index (χ2v) is 5.83. The van der Waals surface area contributed by atoms with Gasteiger partial charge in [0.25, 0.3) is 0 Å². The molecular formula is C20H15N3O3. The van der Waals surface area contributed by atoms with Gasteiger partial charge in [0.1, 0.15) is 11.4 Å². The lowest BCUT2D eigenvalue weighted by Gasteiger charge is -2.04. The van der Waals surface area contributed by atoms with E-state index in [0.717, 1.165) is 33.5 Å². The summed E-state index contributed by atoms with van der Waals surface area (Å²) in [7, 11) is 1.65. The number of nitrogens with zero attached hydrogens (tertiary/aromatic N) is 3. The second-order valence-electron chi connectivity index (χ2n) is 5.83. The van der Waals surface area contributed by atoms with Gasteiger partial charge in [-0.05, 0) is 53.2 Å². The highest BCUT2D eigenvalue weighted by Crippen LogP contribution is 2.26. The van der Waals surface area contributed by atoms with E-state index < -0.39 is 5.97 Å². The van der Waals surface area contributed by atoms with Gasteiger partial charge < -0.3 is 9.84 Å². The predicted molar refractivity (Wildman–Crippen MR) is 97.8 cm³/mol. The SMILES string of the molecule is COc1ccc2cc(-c3cn(-c4ccc(C(=O)O)cc4)nn3)ccc2c1. The van der Waals surface area contributed by atoms with Crippen LogP contribution < -0.4 is 4.74 Å². The molecule has 4 rings (SSSR count). The number of hydrogen-bond acceptors (Lipinski definition) is 4. The molecule has 1 N–H and O–H groups in total. The van der Waals surface area contributed by atoms with E-state index in [1.54, 1.807) is 36.1 Å². The van der Waals surface area contributed by atoms with Crippen LogP contribution in [0.2, 0.25) is 0 Å². The Morgan fingerprint density at radius 1 is 1.00 bits per heavy atom. The molecule has 0 unspecified atom stereocenters. The zero-order valence-corrected chi connectivity index (χ0v) is 14.0. The monoisotopic (exact) mass is 345 g/mol. The van der Waals surface area contributed by atoms with Crippen LogP contribution in [0, 0.1) is 0 Å². The van der Waals surface area contributed by atoms with Gasteiger partial charge in [0.15, 0.2) is 0 Å². The maximum atomic E-state index is 10.9. The van der Waals surface area contributed by atoms with E-state index in [-0.39, 0.29) is 5.56 Å². The largest absolute Gasteiger partial charge is 0.497 e. The van der Waals surface area contributed by atoms with Crippen molar-refractivity contribution in [3.05, 3.63) is 72.4 Å². The maximum absolute atomic E-state index is 10.9. The summed E-state index contributed by atoms with van der Waals surface area (Å²) in [4.78, 5) is 10.9. The average molecular weight is 345 g/mol. The lowest BCUT2D eigenvalue weighted by Crippen LogP contribution is -1.98. The van der Waals surface area contributed by atoms with E-state index in [0.29, 0.717) is 0 Å². The molecule has 0 fully saturated rings. The first-order valence-electron chi connectivity index (χ1n) is 7.98. The first-order valence-corrected chi connectivity index (χ1v) is 7.98. The molecule has 0 bridgehead atoms. The van der Waals surface area contributed by atoms with Crippen LogP contribution in [0.5, 0.6) is 5.75 Å². The minimum Gasteiger partial charge on any atom is -0.497 e. The standard InChI is InChI=1S/C20H15N3O3/c1-26-18-9-6-14-10-16(3-2-15(14)11-18)19-12-23(22-21-19)17-7-4-13(5-8-17)20(24)25/h2-12H,1H3,(H,24,25). The molecule has 0 saturated carbocycles. The van der Waals surface area contributed by atoms with Crippen molar-refractivity contribution in [2.75, 3.05) is 7.11 Å². The molecule has 0 radical (unpaired) electrons. The molecule has 6 heteroatoms. The van der Waals surface area contributed by atoms with E-state index in [1.165, 1.54) is 0 Å². The molecule has 4 aromatic rings. The first kappa shape index (κ1) is 15.8. The summed E-state index contributed by atoms with van der Waals surface area (Å²) in [5, 5.41) is 19.5.